The molecule has 3 heteroatoms. The minimum Gasteiger partial charge on any atom is -0.375 e. The van der Waals surface area contributed by atoms with E-state index in [2.05, 4.69) is 25.7 Å². The zero-order valence-corrected chi connectivity index (χ0v) is 11.2. The summed E-state index contributed by atoms with van der Waals surface area (Å²) in [7, 11) is 0. The van der Waals surface area contributed by atoms with Crippen molar-refractivity contribution in [1.82, 2.24) is 4.90 Å². The molecule has 0 amide bonds. The Morgan fingerprint density at radius 3 is 2.38 bits per heavy atom. The van der Waals surface area contributed by atoms with Crippen LogP contribution in [0.5, 0.6) is 0 Å². The highest BCUT2D eigenvalue weighted by molar-refractivity contribution is 4.72. The first kappa shape index (κ1) is 13.9. The molecule has 0 saturated carbocycles. The summed E-state index contributed by atoms with van der Waals surface area (Å²) in [4.78, 5) is 2.51. The SMILES string of the molecule is CC(C)(C)OCCN1CCC(CCN)CC1. The predicted octanol–water partition coefficient (Wildman–Crippen LogP) is 1.86. The second-order valence-electron chi connectivity index (χ2n) is 5.82. The molecule has 2 N–H and O–H groups in total. The van der Waals surface area contributed by atoms with Gasteiger partial charge in [0.25, 0.3) is 0 Å². The highest BCUT2D eigenvalue weighted by atomic mass is 16.5. The van der Waals surface area contributed by atoms with Crippen LogP contribution < -0.4 is 5.73 Å². The van der Waals surface area contributed by atoms with E-state index in [4.69, 9.17) is 10.5 Å². The Bertz CT molecular complexity index is 181. The summed E-state index contributed by atoms with van der Waals surface area (Å²) in [6, 6.07) is 0. The van der Waals surface area contributed by atoms with E-state index < -0.39 is 0 Å². The fraction of sp³-hybridized carbons (Fsp3) is 1.00. The normalized spacial score (nSPS) is 20.2. The van der Waals surface area contributed by atoms with Crippen molar-refractivity contribution >= 4 is 0 Å². The van der Waals surface area contributed by atoms with Crippen molar-refractivity contribution in [2.24, 2.45) is 11.7 Å². The molecule has 1 rings (SSSR count). The number of rotatable bonds is 5. The van der Waals surface area contributed by atoms with Gasteiger partial charge in [-0.25, -0.2) is 0 Å². The Hall–Kier alpha value is -0.120. The van der Waals surface area contributed by atoms with Crippen molar-refractivity contribution in [1.29, 1.82) is 0 Å². The van der Waals surface area contributed by atoms with Crippen molar-refractivity contribution in [2.45, 2.75) is 45.6 Å². The third-order valence-corrected chi connectivity index (χ3v) is 3.22. The molecule has 96 valence electrons. The van der Waals surface area contributed by atoms with E-state index in [9.17, 15) is 0 Å². The highest BCUT2D eigenvalue weighted by Gasteiger charge is 2.18. The molecule has 0 aliphatic carbocycles. The predicted molar refractivity (Wildman–Crippen MR) is 68.5 cm³/mol. The molecule has 0 radical (unpaired) electrons. The van der Waals surface area contributed by atoms with Gasteiger partial charge in [0.15, 0.2) is 0 Å². The molecule has 0 unspecified atom stereocenters. The molecule has 1 heterocycles. The number of nitrogens with zero attached hydrogens (tertiary/aromatic N) is 1. The quantitative estimate of drug-likeness (QED) is 0.780. The second kappa shape index (κ2) is 6.58. The van der Waals surface area contributed by atoms with Gasteiger partial charge in [0.05, 0.1) is 12.2 Å². The molecular weight excluding hydrogens is 200 g/mol. The monoisotopic (exact) mass is 228 g/mol. The summed E-state index contributed by atoms with van der Waals surface area (Å²) < 4.78 is 5.74. The van der Waals surface area contributed by atoms with Crippen molar-refractivity contribution < 1.29 is 4.74 Å². The average molecular weight is 228 g/mol. The van der Waals surface area contributed by atoms with Gasteiger partial charge in [-0.2, -0.15) is 0 Å². The smallest absolute Gasteiger partial charge is 0.0600 e. The van der Waals surface area contributed by atoms with E-state index >= 15 is 0 Å². The van der Waals surface area contributed by atoms with Crippen LogP contribution in [0.15, 0.2) is 0 Å². The Kier molecular flexibility index (Phi) is 5.73. The summed E-state index contributed by atoms with van der Waals surface area (Å²) in [5.41, 5.74) is 5.59. The number of nitrogens with two attached hydrogens (primary N) is 1. The molecule has 3 nitrogen and oxygen atoms in total. The molecule has 0 atom stereocenters. The summed E-state index contributed by atoms with van der Waals surface area (Å²) >= 11 is 0. The van der Waals surface area contributed by atoms with E-state index in [1.165, 1.54) is 32.4 Å². The molecular formula is C13H28N2O. The van der Waals surface area contributed by atoms with Gasteiger partial charge in [0.2, 0.25) is 0 Å². The first-order valence-corrected chi connectivity index (χ1v) is 6.57. The Morgan fingerprint density at radius 1 is 1.25 bits per heavy atom. The maximum absolute atomic E-state index is 5.74. The van der Waals surface area contributed by atoms with Gasteiger partial charge >= 0.3 is 0 Å². The van der Waals surface area contributed by atoms with Crippen LogP contribution in [-0.4, -0.2) is 43.3 Å². The maximum atomic E-state index is 5.74. The lowest BCUT2D eigenvalue weighted by molar-refractivity contribution is -0.0162. The van der Waals surface area contributed by atoms with E-state index in [1.54, 1.807) is 0 Å². The van der Waals surface area contributed by atoms with Gasteiger partial charge in [0, 0.05) is 6.54 Å². The van der Waals surface area contributed by atoms with Crippen LogP contribution in [0.2, 0.25) is 0 Å². The first-order chi connectivity index (χ1) is 7.51. The van der Waals surface area contributed by atoms with Crippen molar-refractivity contribution in [3.8, 4) is 0 Å². The van der Waals surface area contributed by atoms with Crippen LogP contribution in [0, 0.1) is 5.92 Å². The molecule has 0 aromatic carbocycles. The van der Waals surface area contributed by atoms with E-state index in [0.29, 0.717) is 0 Å². The van der Waals surface area contributed by atoms with Gasteiger partial charge in [-0.3, -0.25) is 0 Å². The molecule has 0 aromatic rings. The Morgan fingerprint density at radius 2 is 1.88 bits per heavy atom. The average Bonchev–Trinajstić information content (AvgIpc) is 2.19. The first-order valence-electron chi connectivity index (χ1n) is 6.57. The summed E-state index contributed by atoms with van der Waals surface area (Å²) in [6.07, 6.45) is 3.83. The summed E-state index contributed by atoms with van der Waals surface area (Å²) in [6.45, 7) is 11.5. The third kappa shape index (κ3) is 5.83. The Labute approximate surface area is 100 Å². The van der Waals surface area contributed by atoms with Gasteiger partial charge in [-0.15, -0.1) is 0 Å². The lowest BCUT2D eigenvalue weighted by Crippen LogP contribution is -2.37. The zero-order chi connectivity index (χ0) is 12.0. The van der Waals surface area contributed by atoms with Crippen LogP contribution in [-0.2, 0) is 4.74 Å². The summed E-state index contributed by atoms with van der Waals surface area (Å²) in [5.74, 6) is 0.866. The molecule has 16 heavy (non-hydrogen) atoms. The zero-order valence-electron chi connectivity index (χ0n) is 11.2. The minimum atomic E-state index is -0.00211. The van der Waals surface area contributed by atoms with Crippen LogP contribution in [0.4, 0.5) is 0 Å². The molecule has 0 spiro atoms. The molecule has 1 saturated heterocycles. The molecule has 1 fully saturated rings. The number of piperidine rings is 1. The molecule has 1 aliphatic rings. The topological polar surface area (TPSA) is 38.5 Å². The Balaban J connectivity index is 2.08. The van der Waals surface area contributed by atoms with Crippen LogP contribution >= 0.6 is 0 Å². The van der Waals surface area contributed by atoms with E-state index in [-0.39, 0.29) is 5.60 Å². The number of likely N-dealkylation sites (tertiary alicyclic amines) is 1. The lowest BCUT2D eigenvalue weighted by Gasteiger charge is -2.32. The standard InChI is InChI=1S/C13H28N2O/c1-13(2,3)16-11-10-15-8-5-12(4-7-14)6-9-15/h12H,4-11,14H2,1-3H3. The maximum Gasteiger partial charge on any atom is 0.0600 e. The van der Waals surface area contributed by atoms with Crippen molar-refractivity contribution in [2.75, 3.05) is 32.8 Å². The largest absolute Gasteiger partial charge is 0.375 e. The lowest BCUT2D eigenvalue weighted by atomic mass is 9.94. The van der Waals surface area contributed by atoms with Crippen LogP contribution in [0.1, 0.15) is 40.0 Å². The van der Waals surface area contributed by atoms with E-state index in [1.807, 2.05) is 0 Å². The third-order valence-electron chi connectivity index (χ3n) is 3.22. The van der Waals surface area contributed by atoms with Gasteiger partial charge in [-0.1, -0.05) is 0 Å². The highest BCUT2D eigenvalue weighted by Crippen LogP contribution is 2.19. The molecule has 1 aliphatic heterocycles. The fourth-order valence-electron chi connectivity index (χ4n) is 2.22. The van der Waals surface area contributed by atoms with Crippen molar-refractivity contribution in [3.05, 3.63) is 0 Å². The van der Waals surface area contributed by atoms with Gasteiger partial charge in [-0.05, 0) is 65.6 Å². The van der Waals surface area contributed by atoms with Crippen LogP contribution in [0.25, 0.3) is 0 Å². The number of hydrogen-bond donors (Lipinski definition) is 1. The molecule has 0 aromatic heterocycles. The van der Waals surface area contributed by atoms with Crippen LogP contribution in [0.3, 0.4) is 0 Å². The van der Waals surface area contributed by atoms with E-state index in [0.717, 1.165) is 25.6 Å². The summed E-state index contributed by atoms with van der Waals surface area (Å²) in [5, 5.41) is 0. The molecule has 0 bridgehead atoms. The minimum absolute atomic E-state index is 0.00211. The second-order valence-corrected chi connectivity index (χ2v) is 5.82. The number of hydrogen-bond acceptors (Lipinski definition) is 3. The van der Waals surface area contributed by atoms with Gasteiger partial charge in [0.1, 0.15) is 0 Å². The number of ether oxygens (including phenoxy) is 1. The fourth-order valence-corrected chi connectivity index (χ4v) is 2.22. The van der Waals surface area contributed by atoms with Gasteiger partial charge < -0.3 is 15.4 Å². The van der Waals surface area contributed by atoms with Crippen molar-refractivity contribution in [3.63, 3.8) is 0 Å².